The summed E-state index contributed by atoms with van der Waals surface area (Å²) in [6.45, 7) is 5.51. The number of carbonyl (C=O) groups excluding carboxylic acids is 2. The smallest absolute Gasteiger partial charge is 0.260 e. The zero-order chi connectivity index (χ0) is 28.4. The van der Waals surface area contributed by atoms with Crippen molar-refractivity contribution in [2.45, 2.75) is 33.9 Å². The van der Waals surface area contributed by atoms with E-state index in [0.717, 1.165) is 4.88 Å². The zero-order valence-corrected chi connectivity index (χ0v) is 23.5. The normalized spacial score (nSPS) is 11.5. The van der Waals surface area contributed by atoms with Gasteiger partial charge in [-0.1, -0.05) is 43.6 Å². The lowest BCUT2D eigenvalue weighted by Crippen LogP contribution is -2.29. The molecule has 0 aliphatic heterocycles. The molecule has 0 atom stereocenters. The molecule has 10 nitrogen and oxygen atoms in total. The average molecular weight is 577 g/mol. The Balaban J connectivity index is 1.61. The van der Waals surface area contributed by atoms with Gasteiger partial charge < -0.3 is 14.4 Å². The van der Waals surface area contributed by atoms with Crippen molar-refractivity contribution in [1.82, 2.24) is 24.5 Å². The van der Waals surface area contributed by atoms with Crippen molar-refractivity contribution in [3.05, 3.63) is 92.4 Å². The first kappa shape index (κ1) is 27.2. The van der Waals surface area contributed by atoms with Crippen molar-refractivity contribution in [3.8, 4) is 22.5 Å². The minimum absolute atomic E-state index is 0.0388. The SMILES string of the molecule is CC(C)(C)C(=O)n1nc(-c2cc(-c3ccccn3)cn(CC(=O)c3ccno3)c2=O)cc1NCc1ccc(Cl)s1. The number of carbonyl (C=O) groups is 2. The maximum absolute atomic E-state index is 13.7. The van der Waals surface area contributed by atoms with Gasteiger partial charge in [-0.3, -0.25) is 19.4 Å². The number of nitrogens with one attached hydrogen (secondary N) is 1. The first-order chi connectivity index (χ1) is 19.1. The Labute approximate surface area is 238 Å². The van der Waals surface area contributed by atoms with Crippen molar-refractivity contribution in [1.29, 1.82) is 0 Å². The van der Waals surface area contributed by atoms with Crippen LogP contribution in [0, 0.1) is 5.41 Å². The number of hydrogen-bond acceptors (Lipinski definition) is 9. The van der Waals surface area contributed by atoms with E-state index in [1.54, 1.807) is 63.5 Å². The van der Waals surface area contributed by atoms with E-state index in [1.807, 2.05) is 12.1 Å². The van der Waals surface area contributed by atoms with Crippen LogP contribution in [0.15, 0.2) is 76.4 Å². The van der Waals surface area contributed by atoms with Crippen LogP contribution < -0.4 is 10.9 Å². The number of rotatable bonds is 8. The monoisotopic (exact) mass is 576 g/mol. The molecular formula is C28H25ClN6O4S. The second-order valence-corrected chi connectivity index (χ2v) is 11.8. The number of anilines is 1. The molecule has 12 heteroatoms. The van der Waals surface area contributed by atoms with Crippen LogP contribution in [0.25, 0.3) is 22.5 Å². The molecule has 0 bridgehead atoms. The summed E-state index contributed by atoms with van der Waals surface area (Å²) in [7, 11) is 0. The molecule has 0 aliphatic rings. The lowest BCUT2D eigenvalue weighted by molar-refractivity contribution is 0.0752. The Morgan fingerprint density at radius 3 is 2.55 bits per heavy atom. The Bertz CT molecular complexity index is 1730. The van der Waals surface area contributed by atoms with Crippen LogP contribution in [0.2, 0.25) is 4.34 Å². The number of nitrogens with zero attached hydrogens (tertiary/aromatic N) is 5. The van der Waals surface area contributed by atoms with Gasteiger partial charge in [-0.05, 0) is 30.3 Å². The second-order valence-electron chi connectivity index (χ2n) is 10.0. The van der Waals surface area contributed by atoms with Gasteiger partial charge in [-0.15, -0.1) is 11.3 Å². The van der Waals surface area contributed by atoms with Crippen LogP contribution >= 0.6 is 22.9 Å². The van der Waals surface area contributed by atoms with Gasteiger partial charge in [0.2, 0.25) is 11.5 Å². The number of pyridine rings is 2. The summed E-state index contributed by atoms with van der Waals surface area (Å²) in [6.07, 6.45) is 4.57. The maximum Gasteiger partial charge on any atom is 0.260 e. The topological polar surface area (TPSA) is 125 Å². The maximum atomic E-state index is 13.7. The molecule has 0 spiro atoms. The summed E-state index contributed by atoms with van der Waals surface area (Å²) >= 11 is 7.50. The lowest BCUT2D eigenvalue weighted by Gasteiger charge is -2.18. The Morgan fingerprint density at radius 1 is 1.07 bits per heavy atom. The van der Waals surface area contributed by atoms with Crippen molar-refractivity contribution in [2.75, 3.05) is 5.32 Å². The Morgan fingerprint density at radius 2 is 1.90 bits per heavy atom. The molecule has 0 amide bonds. The molecule has 5 aromatic heterocycles. The number of hydrogen-bond donors (Lipinski definition) is 1. The highest BCUT2D eigenvalue weighted by Gasteiger charge is 2.28. The molecule has 0 saturated carbocycles. The van der Waals surface area contributed by atoms with Crippen LogP contribution in [0.5, 0.6) is 0 Å². The van der Waals surface area contributed by atoms with Crippen molar-refractivity contribution >= 4 is 40.4 Å². The fourth-order valence-electron chi connectivity index (χ4n) is 3.94. The van der Waals surface area contributed by atoms with Gasteiger partial charge in [0.05, 0.1) is 34.9 Å². The van der Waals surface area contributed by atoms with Crippen molar-refractivity contribution in [2.24, 2.45) is 5.41 Å². The quantitative estimate of drug-likeness (QED) is 0.235. The van der Waals surface area contributed by atoms with Gasteiger partial charge >= 0.3 is 0 Å². The van der Waals surface area contributed by atoms with E-state index >= 15 is 0 Å². The van der Waals surface area contributed by atoms with E-state index in [-0.39, 0.29) is 29.5 Å². The van der Waals surface area contributed by atoms with E-state index in [0.29, 0.717) is 28.0 Å². The molecule has 0 aliphatic carbocycles. The predicted molar refractivity (Wildman–Crippen MR) is 153 cm³/mol. The summed E-state index contributed by atoms with van der Waals surface area (Å²) in [5, 5.41) is 11.4. The molecule has 40 heavy (non-hydrogen) atoms. The summed E-state index contributed by atoms with van der Waals surface area (Å²) in [6, 6.07) is 13.9. The number of thiophene rings is 1. The number of aromatic nitrogens is 5. The molecule has 0 aromatic carbocycles. The zero-order valence-electron chi connectivity index (χ0n) is 21.9. The minimum atomic E-state index is -0.745. The Hall–Kier alpha value is -4.35. The second kappa shape index (κ2) is 11.0. The van der Waals surface area contributed by atoms with Gasteiger partial charge in [0.25, 0.3) is 11.5 Å². The lowest BCUT2D eigenvalue weighted by atomic mass is 9.96. The highest BCUT2D eigenvalue weighted by atomic mass is 35.5. The molecule has 5 aromatic rings. The summed E-state index contributed by atoms with van der Waals surface area (Å²) in [5.41, 5.74) is 0.467. The van der Waals surface area contributed by atoms with Crippen LogP contribution in [-0.2, 0) is 13.1 Å². The molecule has 0 radical (unpaired) electrons. The van der Waals surface area contributed by atoms with Gasteiger partial charge in [-0.25, -0.2) is 0 Å². The molecular weight excluding hydrogens is 552 g/mol. The van der Waals surface area contributed by atoms with E-state index in [9.17, 15) is 14.4 Å². The number of halogens is 1. The standard InChI is InChI=1S/C28H25ClN6O4S/c1-28(2,3)27(38)35-25(31-14-18-7-8-24(29)40-18)13-21(33-35)19-12-17(20-6-4-5-10-30-20)15-34(26(19)37)16-22(36)23-9-11-32-39-23/h4-13,15,31H,14,16H2,1-3H3. The summed E-state index contributed by atoms with van der Waals surface area (Å²) < 4.78 is 8.21. The predicted octanol–water partition coefficient (Wildman–Crippen LogP) is 5.66. The highest BCUT2D eigenvalue weighted by molar-refractivity contribution is 7.16. The van der Waals surface area contributed by atoms with Gasteiger partial charge in [0.1, 0.15) is 11.5 Å². The molecule has 0 unspecified atom stereocenters. The third-order valence-electron chi connectivity index (χ3n) is 5.97. The number of ketones is 1. The molecule has 5 heterocycles. The fourth-order valence-corrected chi connectivity index (χ4v) is 4.97. The van der Waals surface area contributed by atoms with Crippen LogP contribution in [0.1, 0.15) is 41.0 Å². The summed E-state index contributed by atoms with van der Waals surface area (Å²) in [4.78, 5) is 45.2. The van der Waals surface area contributed by atoms with E-state index in [1.165, 1.54) is 32.8 Å². The highest BCUT2D eigenvalue weighted by Crippen LogP contribution is 2.28. The average Bonchev–Trinajstić information content (AvgIpc) is 3.69. The molecule has 0 saturated heterocycles. The van der Waals surface area contributed by atoms with E-state index in [2.05, 4.69) is 20.6 Å². The summed E-state index contributed by atoms with van der Waals surface area (Å²) in [5.74, 6) is -0.218. The van der Waals surface area contributed by atoms with Gasteiger partial charge in [-0.2, -0.15) is 9.78 Å². The number of Topliss-reactive ketones (excluding diaryl/α,β-unsaturated/α-hetero) is 1. The first-order valence-corrected chi connectivity index (χ1v) is 13.5. The van der Waals surface area contributed by atoms with E-state index < -0.39 is 16.8 Å². The van der Waals surface area contributed by atoms with Crippen LogP contribution in [0.3, 0.4) is 0 Å². The first-order valence-electron chi connectivity index (χ1n) is 12.3. The van der Waals surface area contributed by atoms with Crippen LogP contribution in [-0.4, -0.2) is 36.2 Å². The Kier molecular flexibility index (Phi) is 7.51. The van der Waals surface area contributed by atoms with Gasteiger partial charge in [0, 0.05) is 40.4 Å². The molecule has 204 valence electrons. The minimum Gasteiger partial charge on any atom is -0.365 e. The third-order valence-corrected chi connectivity index (χ3v) is 7.20. The largest absolute Gasteiger partial charge is 0.365 e. The van der Waals surface area contributed by atoms with Crippen molar-refractivity contribution in [3.63, 3.8) is 0 Å². The molecule has 1 N–H and O–H groups in total. The van der Waals surface area contributed by atoms with Crippen LogP contribution in [0.4, 0.5) is 5.82 Å². The van der Waals surface area contributed by atoms with Gasteiger partial charge in [0.15, 0.2) is 0 Å². The molecule has 5 rings (SSSR count). The van der Waals surface area contributed by atoms with Crippen molar-refractivity contribution < 1.29 is 14.1 Å². The third kappa shape index (κ3) is 5.80. The fraction of sp³-hybridized carbons (Fsp3) is 0.214. The molecule has 0 fully saturated rings. The van der Waals surface area contributed by atoms with E-state index in [4.69, 9.17) is 16.1 Å².